The number of nitrogens with zero attached hydrogens (tertiary/aromatic N) is 4. The van der Waals surface area contributed by atoms with Crippen molar-refractivity contribution in [2.45, 2.75) is 37.6 Å². The SMILES string of the molecule is C=CC(=O)N1CCN(C(=Nc2c(C(C)C)cccc2S(C)=O)c2cc(F)c(-c3c(F)cccc3OC)nc2NC=O)C(C)C1. The third-order valence-electron chi connectivity index (χ3n) is 7.41. The number of amidine groups is 1. The number of pyridine rings is 1. The molecule has 2 heterocycles. The number of aliphatic imine (C=N–C) groups is 1. The highest BCUT2D eigenvalue weighted by Crippen LogP contribution is 2.37. The molecule has 2 unspecified atom stereocenters. The monoisotopic (exact) mass is 623 g/mol. The summed E-state index contributed by atoms with van der Waals surface area (Å²) >= 11 is 0. The number of rotatable bonds is 9. The van der Waals surface area contributed by atoms with E-state index >= 15 is 8.78 Å². The van der Waals surface area contributed by atoms with Crippen molar-refractivity contribution in [3.05, 3.63) is 77.9 Å². The molecule has 1 fully saturated rings. The summed E-state index contributed by atoms with van der Waals surface area (Å²) in [6.45, 7) is 10.4. The number of anilines is 1. The van der Waals surface area contributed by atoms with Crippen molar-refractivity contribution in [1.82, 2.24) is 14.8 Å². The van der Waals surface area contributed by atoms with Crippen LogP contribution in [0.4, 0.5) is 20.3 Å². The lowest BCUT2D eigenvalue weighted by atomic mass is 10.0. The molecule has 1 saturated heterocycles. The molecule has 2 amide bonds. The Kier molecular flexibility index (Phi) is 10.3. The van der Waals surface area contributed by atoms with Gasteiger partial charge in [0.25, 0.3) is 0 Å². The van der Waals surface area contributed by atoms with Gasteiger partial charge in [-0.2, -0.15) is 0 Å². The maximum atomic E-state index is 16.1. The quantitative estimate of drug-likeness (QED) is 0.151. The summed E-state index contributed by atoms with van der Waals surface area (Å²) in [7, 11) is -0.0890. The predicted octanol–water partition coefficient (Wildman–Crippen LogP) is 5.26. The van der Waals surface area contributed by atoms with Crippen LogP contribution in [0.5, 0.6) is 5.75 Å². The molecule has 0 radical (unpaired) electrons. The summed E-state index contributed by atoms with van der Waals surface area (Å²) in [5.41, 5.74) is 0.821. The molecule has 0 spiro atoms. The van der Waals surface area contributed by atoms with Crippen molar-refractivity contribution in [2.24, 2.45) is 4.99 Å². The van der Waals surface area contributed by atoms with E-state index in [4.69, 9.17) is 9.73 Å². The van der Waals surface area contributed by atoms with Crippen molar-refractivity contribution >= 4 is 40.5 Å². The van der Waals surface area contributed by atoms with Crippen LogP contribution in [0, 0.1) is 11.6 Å². The van der Waals surface area contributed by atoms with Crippen LogP contribution in [-0.2, 0) is 20.4 Å². The van der Waals surface area contributed by atoms with Gasteiger partial charge in [-0.3, -0.25) is 13.8 Å². The molecule has 44 heavy (non-hydrogen) atoms. The van der Waals surface area contributed by atoms with Gasteiger partial charge in [-0.15, -0.1) is 0 Å². The standard InChI is InChI=1S/C32H35F2N5O4S/c1-7-27(41)38-14-15-39(20(4)17-38)32(37-29-21(19(2)3)10-8-13-26(29)44(6)42)22-16-24(34)30(36-31(22)35-18-40)28-23(33)11-9-12-25(28)43-5/h7-13,16,18-20H,1,14-15,17H2,2-6H3,(H,35,36,40). The molecule has 1 aliphatic heterocycles. The highest BCUT2D eigenvalue weighted by atomic mass is 32.2. The van der Waals surface area contributed by atoms with Gasteiger partial charge >= 0.3 is 0 Å². The number of methoxy groups -OCH3 is 1. The Labute approximate surface area is 258 Å². The van der Waals surface area contributed by atoms with E-state index in [1.54, 1.807) is 17.2 Å². The number of para-hydroxylation sites is 1. The molecule has 1 aromatic heterocycles. The van der Waals surface area contributed by atoms with Crippen molar-refractivity contribution in [1.29, 1.82) is 0 Å². The molecule has 2 atom stereocenters. The normalized spacial score (nSPS) is 16.1. The number of nitrogens with one attached hydrogen (secondary N) is 1. The van der Waals surface area contributed by atoms with Crippen LogP contribution in [-0.4, -0.2) is 76.2 Å². The third kappa shape index (κ3) is 6.54. The molecule has 232 valence electrons. The van der Waals surface area contributed by atoms with E-state index in [0.717, 1.165) is 17.7 Å². The third-order valence-corrected chi connectivity index (χ3v) is 8.36. The zero-order valence-electron chi connectivity index (χ0n) is 25.3. The summed E-state index contributed by atoms with van der Waals surface area (Å²) in [6, 6.07) is 10.3. The minimum absolute atomic E-state index is 0.00341. The van der Waals surface area contributed by atoms with E-state index in [-0.39, 0.29) is 52.1 Å². The second kappa shape index (κ2) is 13.9. The number of halogens is 2. The minimum atomic E-state index is -1.42. The van der Waals surface area contributed by atoms with Gasteiger partial charge < -0.3 is 19.9 Å². The Balaban J connectivity index is 2.02. The van der Waals surface area contributed by atoms with Gasteiger partial charge in [-0.05, 0) is 48.7 Å². The summed E-state index contributed by atoms with van der Waals surface area (Å²) in [5, 5.41) is 2.53. The van der Waals surface area contributed by atoms with Crippen molar-refractivity contribution in [2.75, 3.05) is 38.3 Å². The van der Waals surface area contributed by atoms with Gasteiger partial charge in [-0.25, -0.2) is 18.8 Å². The molecule has 0 aliphatic carbocycles. The average molecular weight is 624 g/mol. The fourth-order valence-corrected chi connectivity index (χ4v) is 5.95. The lowest BCUT2D eigenvalue weighted by Crippen LogP contribution is -2.55. The summed E-state index contributed by atoms with van der Waals surface area (Å²) in [4.78, 5) is 37.7. The van der Waals surface area contributed by atoms with Gasteiger partial charge in [0.2, 0.25) is 12.3 Å². The second-order valence-electron chi connectivity index (χ2n) is 10.6. The molecule has 1 aliphatic rings. The Bertz CT molecular complexity index is 1650. The van der Waals surface area contributed by atoms with E-state index in [2.05, 4.69) is 16.9 Å². The van der Waals surface area contributed by atoms with Gasteiger partial charge in [0.15, 0.2) is 5.82 Å². The molecule has 4 rings (SSSR count). The smallest absolute Gasteiger partial charge is 0.246 e. The molecule has 0 bridgehead atoms. The zero-order valence-corrected chi connectivity index (χ0v) is 26.1. The first-order chi connectivity index (χ1) is 21.0. The van der Waals surface area contributed by atoms with Gasteiger partial charge in [0.05, 0.1) is 39.6 Å². The second-order valence-corrected chi connectivity index (χ2v) is 11.9. The van der Waals surface area contributed by atoms with Crippen LogP contribution in [0.15, 0.2) is 65.0 Å². The van der Waals surface area contributed by atoms with Crippen LogP contribution in [0.3, 0.4) is 0 Å². The van der Waals surface area contributed by atoms with Crippen LogP contribution >= 0.6 is 0 Å². The predicted molar refractivity (Wildman–Crippen MR) is 168 cm³/mol. The van der Waals surface area contributed by atoms with E-state index in [0.29, 0.717) is 36.6 Å². The number of benzene rings is 2. The van der Waals surface area contributed by atoms with Gasteiger partial charge in [0.1, 0.15) is 28.9 Å². The average Bonchev–Trinajstić information content (AvgIpc) is 3.00. The topological polar surface area (TPSA) is 104 Å². The molecule has 1 N–H and O–H groups in total. The van der Waals surface area contributed by atoms with Gasteiger partial charge in [0, 0.05) is 31.9 Å². The fourth-order valence-electron chi connectivity index (χ4n) is 5.25. The number of hydrogen-bond acceptors (Lipinski definition) is 6. The number of amides is 2. The Morgan fingerprint density at radius 1 is 1.20 bits per heavy atom. The number of carbonyl (C=O) groups is 2. The lowest BCUT2D eigenvalue weighted by molar-refractivity contribution is -0.128. The molecule has 9 nitrogen and oxygen atoms in total. The Morgan fingerprint density at radius 3 is 2.55 bits per heavy atom. The zero-order chi connectivity index (χ0) is 32.1. The first-order valence-corrected chi connectivity index (χ1v) is 15.5. The molecule has 12 heteroatoms. The van der Waals surface area contributed by atoms with Crippen molar-refractivity contribution < 1.29 is 27.3 Å². The van der Waals surface area contributed by atoms with E-state index < -0.39 is 22.4 Å². The highest BCUT2D eigenvalue weighted by Gasteiger charge is 2.32. The molecule has 0 saturated carbocycles. The summed E-state index contributed by atoms with van der Waals surface area (Å²) < 4.78 is 49.2. The molecule has 2 aromatic carbocycles. The molecular formula is C32H35F2N5O4S. The van der Waals surface area contributed by atoms with Crippen molar-refractivity contribution in [3.63, 3.8) is 0 Å². The maximum Gasteiger partial charge on any atom is 0.246 e. The number of hydrogen-bond donors (Lipinski definition) is 1. The van der Waals surface area contributed by atoms with Crippen molar-refractivity contribution in [3.8, 4) is 17.0 Å². The first-order valence-electron chi connectivity index (χ1n) is 14.0. The largest absolute Gasteiger partial charge is 0.496 e. The Hall–Kier alpha value is -4.45. The van der Waals surface area contributed by atoms with E-state index in [1.807, 2.05) is 37.8 Å². The number of piperazine rings is 1. The lowest BCUT2D eigenvalue weighted by Gasteiger charge is -2.41. The van der Waals surface area contributed by atoms with Gasteiger partial charge in [-0.1, -0.05) is 38.6 Å². The number of carbonyl (C=O) groups excluding carboxylic acids is 2. The Morgan fingerprint density at radius 2 is 1.93 bits per heavy atom. The van der Waals surface area contributed by atoms with Crippen LogP contribution in [0.25, 0.3) is 11.3 Å². The maximum absolute atomic E-state index is 16.1. The minimum Gasteiger partial charge on any atom is -0.496 e. The molecule has 3 aromatic rings. The van der Waals surface area contributed by atoms with E-state index in [1.165, 1.54) is 25.3 Å². The van der Waals surface area contributed by atoms with Crippen LogP contribution in [0.2, 0.25) is 0 Å². The van der Waals surface area contributed by atoms with Crippen LogP contribution < -0.4 is 10.1 Å². The number of ether oxygens (including phenoxy) is 1. The first kappa shape index (κ1) is 32.5. The highest BCUT2D eigenvalue weighted by molar-refractivity contribution is 7.84. The molecular weight excluding hydrogens is 588 g/mol. The fraction of sp³-hybridized carbons (Fsp3) is 0.312. The summed E-state index contributed by atoms with van der Waals surface area (Å²) in [6.07, 6.45) is 3.19. The number of aromatic nitrogens is 1. The van der Waals surface area contributed by atoms with E-state index in [9.17, 15) is 13.8 Å². The van der Waals surface area contributed by atoms with Crippen LogP contribution in [0.1, 0.15) is 37.8 Å². The summed E-state index contributed by atoms with van der Waals surface area (Å²) in [5.74, 6) is -1.62.